The lowest BCUT2D eigenvalue weighted by atomic mass is 10.0. The number of amides is 2. The van der Waals surface area contributed by atoms with Crippen molar-refractivity contribution < 1.29 is 18.0 Å². The number of carbonyl (C=O) groups excluding carboxylic acids is 2. The second kappa shape index (κ2) is 12.1. The molecular formula is C22H27Cl3N4O4S. The van der Waals surface area contributed by atoms with Crippen molar-refractivity contribution in [2.24, 2.45) is 5.92 Å². The molecule has 0 radical (unpaired) electrons. The summed E-state index contributed by atoms with van der Waals surface area (Å²) in [4.78, 5) is 25.7. The number of rotatable bonds is 10. The first-order chi connectivity index (χ1) is 15.9. The van der Waals surface area contributed by atoms with E-state index < -0.39 is 27.9 Å². The third kappa shape index (κ3) is 6.76. The van der Waals surface area contributed by atoms with Crippen molar-refractivity contribution in [3.63, 3.8) is 0 Å². The van der Waals surface area contributed by atoms with Gasteiger partial charge in [0.15, 0.2) is 0 Å². The van der Waals surface area contributed by atoms with Crippen LogP contribution in [0, 0.1) is 5.92 Å². The molecule has 0 aromatic heterocycles. The van der Waals surface area contributed by atoms with Crippen LogP contribution in [0.15, 0.2) is 41.3 Å². The predicted molar refractivity (Wildman–Crippen MR) is 136 cm³/mol. The van der Waals surface area contributed by atoms with Gasteiger partial charge < -0.3 is 5.32 Å². The third-order valence-electron chi connectivity index (χ3n) is 4.99. The van der Waals surface area contributed by atoms with Gasteiger partial charge in [-0.3, -0.25) is 20.4 Å². The van der Waals surface area contributed by atoms with E-state index in [9.17, 15) is 18.0 Å². The van der Waals surface area contributed by atoms with Gasteiger partial charge in [-0.15, -0.1) is 0 Å². The fourth-order valence-corrected chi connectivity index (χ4v) is 5.55. The normalized spacial score (nSPS) is 12.5. The number of halogens is 3. The molecule has 0 aliphatic carbocycles. The smallest absolute Gasteiger partial charge is 0.261 e. The van der Waals surface area contributed by atoms with Gasteiger partial charge in [-0.25, -0.2) is 8.42 Å². The number of carbonyl (C=O) groups is 2. The summed E-state index contributed by atoms with van der Waals surface area (Å²) >= 11 is 18.1. The Morgan fingerprint density at radius 3 is 2.12 bits per heavy atom. The van der Waals surface area contributed by atoms with Gasteiger partial charge in [-0.05, 0) is 36.2 Å². The summed E-state index contributed by atoms with van der Waals surface area (Å²) in [5.74, 6) is -1.42. The van der Waals surface area contributed by atoms with Gasteiger partial charge in [0.05, 0.1) is 20.6 Å². The van der Waals surface area contributed by atoms with E-state index in [4.69, 9.17) is 34.8 Å². The highest BCUT2D eigenvalue weighted by molar-refractivity contribution is 7.89. The maximum Gasteiger partial charge on any atom is 0.261 e. The Balaban J connectivity index is 2.18. The molecule has 0 bridgehead atoms. The number of sulfonamides is 1. The number of hydrogen-bond acceptors (Lipinski definition) is 5. The lowest BCUT2D eigenvalue weighted by Crippen LogP contribution is -2.51. The Labute approximate surface area is 215 Å². The van der Waals surface area contributed by atoms with E-state index in [2.05, 4.69) is 16.2 Å². The molecule has 186 valence electrons. The van der Waals surface area contributed by atoms with Gasteiger partial charge in [0, 0.05) is 23.7 Å². The van der Waals surface area contributed by atoms with Gasteiger partial charge in [0.25, 0.3) is 11.8 Å². The number of hydrogen-bond donors (Lipinski definition) is 3. The molecule has 0 aliphatic rings. The lowest BCUT2D eigenvalue weighted by Gasteiger charge is -2.23. The standard InChI is InChI=1S/C22H27Cl3N4O4S/c1-5-29(6-2)34(32,33)16-9-7-8-14(10-16)21(30)26-19(13(3)4)22(31)28-27-20-17(24)11-15(23)12-18(20)25/h7-13,19,27H,5-6H2,1-4H3,(H,26,30)(H,28,31). The quantitative estimate of drug-likeness (QED) is 0.376. The summed E-state index contributed by atoms with van der Waals surface area (Å²) in [5, 5.41) is 3.40. The first kappa shape index (κ1) is 28.2. The third-order valence-corrected chi connectivity index (χ3v) is 7.85. The molecule has 2 aromatic carbocycles. The molecule has 2 amide bonds. The highest BCUT2D eigenvalue weighted by Gasteiger charge is 2.27. The highest BCUT2D eigenvalue weighted by Crippen LogP contribution is 2.33. The van der Waals surface area contributed by atoms with Crippen molar-refractivity contribution in [2.75, 3.05) is 18.5 Å². The van der Waals surface area contributed by atoms with Crippen LogP contribution in [0.2, 0.25) is 15.1 Å². The van der Waals surface area contributed by atoms with Gasteiger partial charge in [0.1, 0.15) is 6.04 Å². The van der Waals surface area contributed by atoms with Crippen LogP contribution in [0.25, 0.3) is 0 Å². The molecule has 1 unspecified atom stereocenters. The van der Waals surface area contributed by atoms with E-state index in [0.29, 0.717) is 18.1 Å². The highest BCUT2D eigenvalue weighted by atomic mass is 35.5. The molecule has 0 saturated carbocycles. The van der Waals surface area contributed by atoms with E-state index >= 15 is 0 Å². The first-order valence-corrected chi connectivity index (χ1v) is 13.1. The molecule has 1 atom stereocenters. The minimum atomic E-state index is -3.74. The van der Waals surface area contributed by atoms with Crippen LogP contribution < -0.4 is 16.2 Å². The Hall–Kier alpha value is -2.04. The minimum Gasteiger partial charge on any atom is -0.340 e. The molecule has 8 nitrogen and oxygen atoms in total. The second-order valence-corrected chi connectivity index (χ2v) is 10.9. The molecule has 12 heteroatoms. The zero-order chi connectivity index (χ0) is 25.6. The summed E-state index contributed by atoms with van der Waals surface area (Å²) in [6.45, 7) is 7.60. The van der Waals surface area contributed by atoms with Gasteiger partial charge in [-0.2, -0.15) is 4.31 Å². The summed E-state index contributed by atoms with van der Waals surface area (Å²) in [7, 11) is -3.74. The summed E-state index contributed by atoms with van der Waals surface area (Å²) in [6, 6.07) is 7.69. The summed E-state index contributed by atoms with van der Waals surface area (Å²) < 4.78 is 26.9. The van der Waals surface area contributed by atoms with Crippen molar-refractivity contribution in [3.05, 3.63) is 57.0 Å². The van der Waals surface area contributed by atoms with Crippen LogP contribution in [0.5, 0.6) is 0 Å². The number of nitrogens with one attached hydrogen (secondary N) is 3. The Kier molecular flexibility index (Phi) is 10.0. The van der Waals surface area contributed by atoms with Gasteiger partial charge >= 0.3 is 0 Å². The average Bonchev–Trinajstić information content (AvgIpc) is 2.76. The molecule has 0 spiro atoms. The second-order valence-electron chi connectivity index (χ2n) is 7.67. The van der Waals surface area contributed by atoms with Crippen molar-refractivity contribution in [1.82, 2.24) is 15.0 Å². The molecule has 34 heavy (non-hydrogen) atoms. The Morgan fingerprint density at radius 1 is 1.00 bits per heavy atom. The number of benzene rings is 2. The summed E-state index contributed by atoms with van der Waals surface area (Å²) in [6.07, 6.45) is 0. The monoisotopic (exact) mass is 548 g/mol. The van der Waals surface area contributed by atoms with E-state index in [0.717, 1.165) is 0 Å². The average molecular weight is 550 g/mol. The zero-order valence-corrected chi connectivity index (χ0v) is 22.2. The summed E-state index contributed by atoms with van der Waals surface area (Å²) in [5.41, 5.74) is 5.51. The molecule has 2 rings (SSSR count). The van der Waals surface area contributed by atoms with Crippen molar-refractivity contribution in [1.29, 1.82) is 0 Å². The molecular weight excluding hydrogens is 523 g/mol. The molecule has 2 aromatic rings. The lowest BCUT2D eigenvalue weighted by molar-refractivity contribution is -0.123. The van der Waals surface area contributed by atoms with E-state index in [1.807, 2.05) is 0 Å². The van der Waals surface area contributed by atoms with Crippen LogP contribution >= 0.6 is 34.8 Å². The number of hydrazine groups is 1. The van der Waals surface area contributed by atoms with Crippen LogP contribution in [-0.2, 0) is 14.8 Å². The first-order valence-electron chi connectivity index (χ1n) is 10.5. The largest absolute Gasteiger partial charge is 0.340 e. The number of nitrogens with zero attached hydrogens (tertiary/aromatic N) is 1. The Bertz CT molecular complexity index is 1130. The van der Waals surface area contributed by atoms with E-state index in [1.165, 1.54) is 40.7 Å². The maximum atomic E-state index is 12.9. The molecule has 0 fully saturated rings. The Morgan fingerprint density at radius 2 is 1.59 bits per heavy atom. The van der Waals surface area contributed by atoms with E-state index in [-0.39, 0.29) is 32.1 Å². The topological polar surface area (TPSA) is 108 Å². The predicted octanol–water partition coefficient (Wildman–Crippen LogP) is 4.58. The van der Waals surface area contributed by atoms with Crippen molar-refractivity contribution in [3.8, 4) is 0 Å². The van der Waals surface area contributed by atoms with E-state index in [1.54, 1.807) is 27.7 Å². The molecule has 0 heterocycles. The van der Waals surface area contributed by atoms with Crippen molar-refractivity contribution in [2.45, 2.75) is 38.6 Å². The SMILES string of the molecule is CCN(CC)S(=O)(=O)c1cccc(C(=O)NC(C(=O)NNc2c(Cl)cc(Cl)cc2Cl)C(C)C)c1. The zero-order valence-electron chi connectivity index (χ0n) is 19.2. The van der Waals surface area contributed by atoms with Crippen LogP contribution in [0.3, 0.4) is 0 Å². The maximum absolute atomic E-state index is 12.9. The van der Waals surface area contributed by atoms with Crippen LogP contribution in [-0.4, -0.2) is 43.7 Å². The molecule has 3 N–H and O–H groups in total. The van der Waals surface area contributed by atoms with Gasteiger partial charge in [-0.1, -0.05) is 68.6 Å². The molecule has 0 aliphatic heterocycles. The van der Waals surface area contributed by atoms with Gasteiger partial charge in [0.2, 0.25) is 10.0 Å². The van der Waals surface area contributed by atoms with Crippen molar-refractivity contribution >= 4 is 62.3 Å². The fourth-order valence-electron chi connectivity index (χ4n) is 3.13. The molecule has 0 saturated heterocycles. The number of anilines is 1. The van der Waals surface area contributed by atoms with Crippen LogP contribution in [0.1, 0.15) is 38.1 Å². The fraction of sp³-hybridized carbons (Fsp3) is 0.364. The minimum absolute atomic E-state index is 0.00286. The van der Waals surface area contributed by atoms with Crippen LogP contribution in [0.4, 0.5) is 5.69 Å².